The van der Waals surface area contributed by atoms with Gasteiger partial charge in [-0.1, -0.05) is 36.2 Å². The summed E-state index contributed by atoms with van der Waals surface area (Å²) in [5.74, 6) is 0.311. The Hall–Kier alpha value is -2.79. The molecule has 0 N–H and O–H groups in total. The minimum Gasteiger partial charge on any atom is -0.484 e. The van der Waals surface area contributed by atoms with E-state index < -0.39 is 0 Å². The molecule has 2 aliphatic heterocycles. The van der Waals surface area contributed by atoms with Gasteiger partial charge >= 0.3 is 0 Å². The lowest BCUT2D eigenvalue weighted by Crippen LogP contribution is -2.61. The van der Waals surface area contributed by atoms with Gasteiger partial charge in [-0.25, -0.2) is 4.98 Å². The molecule has 34 heavy (non-hydrogen) atoms. The number of rotatable bonds is 3. The van der Waals surface area contributed by atoms with E-state index in [4.69, 9.17) is 27.9 Å². The maximum Gasteiger partial charge on any atom is 0.295 e. The number of aryl methyl sites for hydroxylation is 1. The fraction of sp³-hybridized carbons (Fsp3) is 0.400. The van der Waals surface area contributed by atoms with Gasteiger partial charge in [0.2, 0.25) is 5.75 Å². The molecule has 1 aromatic carbocycles. The van der Waals surface area contributed by atoms with Crippen LogP contribution in [0.5, 0.6) is 5.75 Å². The number of pyridine rings is 2. The van der Waals surface area contributed by atoms with Crippen molar-refractivity contribution in [3.63, 3.8) is 0 Å². The van der Waals surface area contributed by atoms with E-state index in [1.54, 1.807) is 23.7 Å². The number of hydrogen-bond donors (Lipinski definition) is 0. The van der Waals surface area contributed by atoms with Crippen molar-refractivity contribution >= 4 is 39.9 Å². The van der Waals surface area contributed by atoms with Crippen LogP contribution in [0.15, 0.2) is 35.1 Å². The standard InChI is InChI=1S/C25H25Cl2N5O2/c1-4-20(15-5-7-18(26)19(27)9-15)31-12-17-13-34-24-23(32(17)11-14(31)2)22-21(30(3)25(24)33)8-6-16(10-28)29-22/h5-9,14,17,20H,4,11-13H2,1-3H3/t14-,17+,20-/m1/s1. The van der Waals surface area contributed by atoms with Crippen LogP contribution in [0.4, 0.5) is 5.69 Å². The van der Waals surface area contributed by atoms with Gasteiger partial charge in [0, 0.05) is 32.2 Å². The number of nitrogens with zero attached hydrogens (tertiary/aromatic N) is 5. The lowest BCUT2D eigenvalue weighted by Gasteiger charge is -2.51. The van der Waals surface area contributed by atoms with E-state index in [2.05, 4.69) is 34.7 Å². The average Bonchev–Trinajstić information content (AvgIpc) is 2.84. The molecular weight excluding hydrogens is 473 g/mol. The van der Waals surface area contributed by atoms with Crippen LogP contribution in [-0.4, -0.2) is 46.2 Å². The molecule has 0 radical (unpaired) electrons. The smallest absolute Gasteiger partial charge is 0.295 e. The zero-order valence-corrected chi connectivity index (χ0v) is 20.8. The first kappa shape index (κ1) is 23.0. The molecule has 0 spiro atoms. The molecule has 0 aliphatic carbocycles. The van der Waals surface area contributed by atoms with Crippen LogP contribution >= 0.6 is 23.2 Å². The quantitative estimate of drug-likeness (QED) is 0.528. The summed E-state index contributed by atoms with van der Waals surface area (Å²) in [6, 6.07) is 11.8. The van der Waals surface area contributed by atoms with Gasteiger partial charge in [0.15, 0.2) is 0 Å². The number of aromatic nitrogens is 2. The van der Waals surface area contributed by atoms with Crippen LogP contribution in [0.25, 0.3) is 11.0 Å². The lowest BCUT2D eigenvalue weighted by molar-refractivity contribution is 0.0823. The second kappa shape index (κ2) is 8.77. The van der Waals surface area contributed by atoms with Crippen molar-refractivity contribution in [2.75, 3.05) is 24.6 Å². The molecule has 3 aromatic rings. The molecular formula is C25H25Cl2N5O2. The number of ether oxygens (including phenoxy) is 1. The van der Waals surface area contributed by atoms with Gasteiger partial charge in [-0.2, -0.15) is 5.26 Å². The van der Waals surface area contributed by atoms with Crippen LogP contribution in [-0.2, 0) is 7.05 Å². The Kier molecular flexibility index (Phi) is 5.93. The van der Waals surface area contributed by atoms with E-state index in [0.29, 0.717) is 51.4 Å². The van der Waals surface area contributed by atoms with Crippen molar-refractivity contribution in [3.8, 4) is 11.8 Å². The second-order valence-corrected chi connectivity index (χ2v) is 9.79. The van der Waals surface area contributed by atoms with Gasteiger partial charge in [0.1, 0.15) is 29.6 Å². The van der Waals surface area contributed by atoms with Crippen LogP contribution < -0.4 is 15.2 Å². The van der Waals surface area contributed by atoms with Crippen LogP contribution in [0.1, 0.15) is 37.6 Å². The Morgan fingerprint density at radius 2 is 2.03 bits per heavy atom. The van der Waals surface area contributed by atoms with Crippen molar-refractivity contribution in [1.29, 1.82) is 5.26 Å². The number of nitriles is 1. The number of fused-ring (bicyclic) bond motifs is 5. The number of anilines is 1. The van der Waals surface area contributed by atoms with Gasteiger partial charge in [-0.3, -0.25) is 9.69 Å². The summed E-state index contributed by atoms with van der Waals surface area (Å²) in [5, 5.41) is 10.5. The van der Waals surface area contributed by atoms with E-state index in [-0.39, 0.29) is 23.7 Å². The summed E-state index contributed by atoms with van der Waals surface area (Å²) in [7, 11) is 1.71. The zero-order chi connectivity index (χ0) is 24.1. The Balaban J connectivity index is 1.56. The predicted molar refractivity (Wildman–Crippen MR) is 134 cm³/mol. The van der Waals surface area contributed by atoms with Crippen molar-refractivity contribution in [2.24, 2.45) is 7.05 Å². The summed E-state index contributed by atoms with van der Waals surface area (Å²) in [6.07, 6.45) is 0.920. The first-order valence-electron chi connectivity index (χ1n) is 11.4. The maximum absolute atomic E-state index is 13.1. The summed E-state index contributed by atoms with van der Waals surface area (Å²) in [6.45, 7) is 6.24. The number of piperazine rings is 1. The minimum atomic E-state index is -0.190. The second-order valence-electron chi connectivity index (χ2n) is 8.98. The Bertz CT molecular complexity index is 1380. The summed E-state index contributed by atoms with van der Waals surface area (Å²) in [5.41, 5.74) is 3.26. The largest absolute Gasteiger partial charge is 0.484 e. The summed E-state index contributed by atoms with van der Waals surface area (Å²) >= 11 is 12.5. The highest BCUT2D eigenvalue weighted by Crippen LogP contribution is 2.41. The molecule has 5 rings (SSSR count). The van der Waals surface area contributed by atoms with Crippen molar-refractivity contribution in [1.82, 2.24) is 14.5 Å². The van der Waals surface area contributed by atoms with E-state index >= 15 is 0 Å². The Morgan fingerprint density at radius 1 is 1.24 bits per heavy atom. The van der Waals surface area contributed by atoms with Crippen molar-refractivity contribution < 1.29 is 4.74 Å². The third-order valence-corrected chi connectivity index (χ3v) is 7.74. The molecule has 2 aliphatic rings. The van der Waals surface area contributed by atoms with E-state index in [0.717, 1.165) is 18.5 Å². The Morgan fingerprint density at radius 3 is 2.74 bits per heavy atom. The molecule has 1 fully saturated rings. The van der Waals surface area contributed by atoms with Gasteiger partial charge in [-0.15, -0.1) is 0 Å². The minimum absolute atomic E-state index is 0.0448. The molecule has 0 unspecified atom stereocenters. The van der Waals surface area contributed by atoms with E-state index in [1.165, 1.54) is 0 Å². The molecule has 2 aromatic heterocycles. The van der Waals surface area contributed by atoms with Crippen LogP contribution in [0.3, 0.4) is 0 Å². The average molecular weight is 498 g/mol. The summed E-state index contributed by atoms with van der Waals surface area (Å²) in [4.78, 5) is 22.4. The number of hydrogen-bond acceptors (Lipinski definition) is 6. The highest BCUT2D eigenvalue weighted by Gasteiger charge is 2.41. The molecule has 0 saturated carbocycles. The molecule has 3 atom stereocenters. The van der Waals surface area contributed by atoms with Gasteiger partial charge in [0.25, 0.3) is 5.56 Å². The fourth-order valence-corrected chi connectivity index (χ4v) is 5.60. The van der Waals surface area contributed by atoms with Gasteiger partial charge < -0.3 is 14.2 Å². The molecule has 0 amide bonds. The highest BCUT2D eigenvalue weighted by atomic mass is 35.5. The summed E-state index contributed by atoms with van der Waals surface area (Å²) < 4.78 is 7.60. The Labute approximate surface area is 208 Å². The molecule has 7 nitrogen and oxygen atoms in total. The first-order valence-corrected chi connectivity index (χ1v) is 12.1. The highest BCUT2D eigenvalue weighted by molar-refractivity contribution is 6.42. The van der Waals surface area contributed by atoms with Crippen LogP contribution in [0, 0.1) is 11.3 Å². The zero-order valence-electron chi connectivity index (χ0n) is 19.3. The van der Waals surface area contributed by atoms with E-state index in [9.17, 15) is 10.1 Å². The first-order chi connectivity index (χ1) is 16.3. The molecule has 176 valence electrons. The lowest BCUT2D eigenvalue weighted by atomic mass is 9.96. The SMILES string of the molecule is CC[C@H](c1ccc(Cl)c(Cl)c1)N1C[C@H]2COc3c(c4nc(C#N)ccc4n(C)c3=O)N2C[C@H]1C. The van der Waals surface area contributed by atoms with Crippen molar-refractivity contribution in [3.05, 3.63) is 62.0 Å². The predicted octanol–water partition coefficient (Wildman–Crippen LogP) is 4.53. The molecule has 0 bridgehead atoms. The molecule has 4 heterocycles. The van der Waals surface area contributed by atoms with E-state index in [1.807, 2.05) is 18.2 Å². The van der Waals surface area contributed by atoms with Crippen LogP contribution in [0.2, 0.25) is 10.0 Å². The topological polar surface area (TPSA) is 74.4 Å². The maximum atomic E-state index is 13.1. The van der Waals surface area contributed by atoms with Crippen molar-refractivity contribution in [2.45, 2.75) is 38.4 Å². The molecule has 1 saturated heterocycles. The third kappa shape index (κ3) is 3.61. The number of halogens is 2. The fourth-order valence-electron chi connectivity index (χ4n) is 5.30. The monoisotopic (exact) mass is 497 g/mol. The third-order valence-electron chi connectivity index (χ3n) is 7.00. The molecule has 9 heteroatoms. The van der Waals surface area contributed by atoms with Gasteiger partial charge in [0.05, 0.1) is 21.6 Å². The normalized spacial score (nSPS) is 20.9. The van der Waals surface area contributed by atoms with Gasteiger partial charge in [-0.05, 0) is 43.2 Å². The number of benzene rings is 1.